The summed E-state index contributed by atoms with van der Waals surface area (Å²) in [6.07, 6.45) is 5.74. The van der Waals surface area contributed by atoms with Crippen LogP contribution in [-0.2, 0) is 0 Å². The third-order valence-electron chi connectivity index (χ3n) is 5.78. The molecule has 0 saturated heterocycles. The van der Waals surface area contributed by atoms with Crippen LogP contribution in [0.3, 0.4) is 0 Å². The van der Waals surface area contributed by atoms with Gasteiger partial charge in [-0.15, -0.1) is 0 Å². The number of allylic oxidation sites excluding steroid dienone is 2. The van der Waals surface area contributed by atoms with Crippen LogP contribution in [0.25, 0.3) is 11.1 Å². The zero-order valence-corrected chi connectivity index (χ0v) is 16.2. The molecule has 0 aromatic heterocycles. The van der Waals surface area contributed by atoms with E-state index in [1.54, 1.807) is 0 Å². The molecule has 1 heterocycles. The van der Waals surface area contributed by atoms with E-state index in [9.17, 15) is 0 Å². The maximum absolute atomic E-state index is 6.33. The summed E-state index contributed by atoms with van der Waals surface area (Å²) in [5.41, 5.74) is 6.28. The molecular formula is C24H19Cl2N. The zero-order chi connectivity index (χ0) is 18.4. The number of nitrogens with one attached hydrogen (secondary N) is 1. The first-order chi connectivity index (χ1) is 13.2. The predicted molar refractivity (Wildman–Crippen MR) is 115 cm³/mol. The molecule has 2 aliphatic rings. The Morgan fingerprint density at radius 2 is 1.70 bits per heavy atom. The number of fused-ring (bicyclic) bond motifs is 3. The monoisotopic (exact) mass is 391 g/mol. The average molecular weight is 392 g/mol. The van der Waals surface area contributed by atoms with Crippen LogP contribution in [0.5, 0.6) is 0 Å². The second-order valence-corrected chi connectivity index (χ2v) is 8.10. The number of hydrogen-bond donors (Lipinski definition) is 1. The summed E-state index contributed by atoms with van der Waals surface area (Å²) in [5, 5.41) is 5.07. The molecule has 3 aromatic carbocycles. The minimum Gasteiger partial charge on any atom is -0.377 e. The Bertz CT molecular complexity index is 1030. The summed E-state index contributed by atoms with van der Waals surface area (Å²) in [6.45, 7) is 0. The molecule has 0 bridgehead atoms. The molecule has 0 spiro atoms. The summed E-state index contributed by atoms with van der Waals surface area (Å²) in [4.78, 5) is 0. The third-order valence-corrected chi connectivity index (χ3v) is 6.52. The Hall–Kier alpha value is -2.22. The number of benzene rings is 3. The van der Waals surface area contributed by atoms with E-state index < -0.39 is 0 Å². The van der Waals surface area contributed by atoms with E-state index in [4.69, 9.17) is 23.2 Å². The first-order valence-electron chi connectivity index (χ1n) is 9.29. The van der Waals surface area contributed by atoms with Crippen LogP contribution in [-0.4, -0.2) is 0 Å². The Kier molecular flexibility index (Phi) is 4.22. The first-order valence-corrected chi connectivity index (χ1v) is 10.0. The van der Waals surface area contributed by atoms with Gasteiger partial charge in [0.25, 0.3) is 0 Å². The van der Waals surface area contributed by atoms with Gasteiger partial charge < -0.3 is 5.32 Å². The van der Waals surface area contributed by atoms with Crippen molar-refractivity contribution in [2.24, 2.45) is 5.92 Å². The van der Waals surface area contributed by atoms with Crippen LogP contribution >= 0.6 is 23.2 Å². The normalized spacial score (nSPS) is 22.8. The minimum absolute atomic E-state index is 0.206. The van der Waals surface area contributed by atoms with Crippen molar-refractivity contribution in [3.05, 3.63) is 100 Å². The quantitative estimate of drug-likeness (QED) is 0.446. The van der Waals surface area contributed by atoms with E-state index in [2.05, 4.69) is 72.1 Å². The van der Waals surface area contributed by atoms with Crippen molar-refractivity contribution in [1.29, 1.82) is 0 Å². The second kappa shape index (κ2) is 6.74. The lowest BCUT2D eigenvalue weighted by Gasteiger charge is -2.38. The summed E-state index contributed by atoms with van der Waals surface area (Å²) in [6, 6.07) is 23.4. The molecule has 1 N–H and O–H groups in total. The molecule has 3 atom stereocenters. The van der Waals surface area contributed by atoms with Crippen molar-refractivity contribution >= 4 is 28.9 Å². The number of para-hydroxylation sites is 1. The van der Waals surface area contributed by atoms with Gasteiger partial charge in [0.2, 0.25) is 0 Å². The first kappa shape index (κ1) is 16.9. The van der Waals surface area contributed by atoms with Crippen LogP contribution in [0.1, 0.15) is 29.5 Å². The van der Waals surface area contributed by atoms with Crippen molar-refractivity contribution in [3.63, 3.8) is 0 Å². The molecule has 5 rings (SSSR count). The molecule has 0 amide bonds. The number of halogens is 2. The van der Waals surface area contributed by atoms with Gasteiger partial charge in [-0.3, -0.25) is 0 Å². The number of hydrogen-bond acceptors (Lipinski definition) is 1. The molecule has 3 heteroatoms. The molecular weight excluding hydrogens is 373 g/mol. The molecule has 134 valence electrons. The largest absolute Gasteiger partial charge is 0.377 e. The van der Waals surface area contributed by atoms with Gasteiger partial charge in [0, 0.05) is 17.2 Å². The molecule has 0 fully saturated rings. The Morgan fingerprint density at radius 1 is 0.852 bits per heavy atom. The highest BCUT2D eigenvalue weighted by molar-refractivity contribution is 6.42. The standard InChI is InChI=1S/C24H19Cl2N/c25-21-13-12-16(14-22(21)26)23-19-10-5-9-18(19)20-11-4-8-17(24(20)27-23)15-6-2-1-3-7-15/h1-9,11-14,18-19,23,27H,10H2/t18-,19-,23-/m0/s1. The van der Waals surface area contributed by atoms with Gasteiger partial charge in [-0.2, -0.15) is 0 Å². The minimum atomic E-state index is 0.206. The van der Waals surface area contributed by atoms with Crippen LogP contribution in [0.15, 0.2) is 78.9 Å². The third kappa shape index (κ3) is 2.86. The van der Waals surface area contributed by atoms with Crippen LogP contribution < -0.4 is 5.32 Å². The molecule has 0 unspecified atom stereocenters. The van der Waals surface area contributed by atoms with Crippen molar-refractivity contribution in [2.75, 3.05) is 5.32 Å². The smallest absolute Gasteiger partial charge is 0.0595 e. The fourth-order valence-electron chi connectivity index (χ4n) is 4.52. The highest BCUT2D eigenvalue weighted by atomic mass is 35.5. The average Bonchev–Trinajstić information content (AvgIpc) is 3.20. The van der Waals surface area contributed by atoms with Gasteiger partial charge >= 0.3 is 0 Å². The summed E-state index contributed by atoms with van der Waals surface area (Å²) < 4.78 is 0. The zero-order valence-electron chi connectivity index (χ0n) is 14.7. The lowest BCUT2D eigenvalue weighted by molar-refractivity contribution is 0.426. The highest BCUT2D eigenvalue weighted by Gasteiger charge is 2.38. The van der Waals surface area contributed by atoms with Gasteiger partial charge in [0.05, 0.1) is 16.1 Å². The summed E-state index contributed by atoms with van der Waals surface area (Å²) >= 11 is 12.5. The van der Waals surface area contributed by atoms with Crippen LogP contribution in [0.4, 0.5) is 5.69 Å². The van der Waals surface area contributed by atoms with Gasteiger partial charge in [0.15, 0.2) is 0 Å². The maximum atomic E-state index is 6.33. The molecule has 27 heavy (non-hydrogen) atoms. The van der Waals surface area contributed by atoms with Crippen molar-refractivity contribution in [2.45, 2.75) is 18.4 Å². The Labute approximate surface area is 169 Å². The van der Waals surface area contributed by atoms with E-state index in [1.165, 1.54) is 27.9 Å². The van der Waals surface area contributed by atoms with Crippen molar-refractivity contribution in [1.82, 2.24) is 0 Å². The lowest BCUT2D eigenvalue weighted by atomic mass is 9.76. The summed E-state index contributed by atoms with van der Waals surface area (Å²) in [7, 11) is 0. The van der Waals surface area contributed by atoms with E-state index in [1.807, 2.05) is 12.1 Å². The lowest BCUT2D eigenvalue weighted by Crippen LogP contribution is -2.29. The van der Waals surface area contributed by atoms with E-state index in [-0.39, 0.29) is 6.04 Å². The Balaban J connectivity index is 1.65. The molecule has 0 radical (unpaired) electrons. The molecule has 0 saturated carbocycles. The number of rotatable bonds is 2. The van der Waals surface area contributed by atoms with Crippen molar-refractivity contribution in [3.8, 4) is 11.1 Å². The van der Waals surface area contributed by atoms with Crippen LogP contribution in [0, 0.1) is 5.92 Å². The molecule has 1 aliphatic carbocycles. The van der Waals surface area contributed by atoms with E-state index in [0.29, 0.717) is 21.9 Å². The topological polar surface area (TPSA) is 12.0 Å². The number of anilines is 1. The fraction of sp³-hybridized carbons (Fsp3) is 0.167. The van der Waals surface area contributed by atoms with E-state index >= 15 is 0 Å². The SMILES string of the molecule is Clc1ccc([C@@H]2Nc3c(-c4ccccc4)cccc3[C@H]3C=CC[C@@H]32)cc1Cl. The summed E-state index contributed by atoms with van der Waals surface area (Å²) in [5.74, 6) is 0.908. The van der Waals surface area contributed by atoms with Gasteiger partial charge in [-0.05, 0) is 41.2 Å². The molecule has 1 aliphatic heterocycles. The van der Waals surface area contributed by atoms with Gasteiger partial charge in [-0.25, -0.2) is 0 Å². The van der Waals surface area contributed by atoms with Crippen LogP contribution in [0.2, 0.25) is 10.0 Å². The predicted octanol–water partition coefficient (Wildman–Crippen LogP) is 7.49. The van der Waals surface area contributed by atoms with E-state index in [0.717, 1.165) is 6.42 Å². The molecule has 3 aromatic rings. The second-order valence-electron chi connectivity index (χ2n) is 7.28. The highest BCUT2D eigenvalue weighted by Crippen LogP contribution is 2.52. The van der Waals surface area contributed by atoms with Gasteiger partial charge in [-0.1, -0.05) is 90.0 Å². The fourth-order valence-corrected chi connectivity index (χ4v) is 4.82. The van der Waals surface area contributed by atoms with Crippen molar-refractivity contribution < 1.29 is 0 Å². The van der Waals surface area contributed by atoms with Gasteiger partial charge in [0.1, 0.15) is 0 Å². The maximum Gasteiger partial charge on any atom is 0.0595 e. The Morgan fingerprint density at radius 3 is 2.52 bits per heavy atom. The molecule has 1 nitrogen and oxygen atoms in total.